The number of hydrogen-bond donors (Lipinski definition) is 3. The summed E-state index contributed by atoms with van der Waals surface area (Å²) < 4.78 is 41.4. The number of halogens is 2. The van der Waals surface area contributed by atoms with Crippen molar-refractivity contribution in [1.82, 2.24) is 4.98 Å². The molecule has 1 atom stereocenters. The van der Waals surface area contributed by atoms with Crippen LogP contribution in [0.4, 0.5) is 15.2 Å². The summed E-state index contributed by atoms with van der Waals surface area (Å²) >= 11 is 7.24. The highest BCUT2D eigenvalue weighted by Crippen LogP contribution is 2.29. The lowest BCUT2D eigenvalue weighted by Gasteiger charge is -2.16. The summed E-state index contributed by atoms with van der Waals surface area (Å²) in [7, 11) is -4.14. The molecule has 10 heteroatoms. The lowest BCUT2D eigenvalue weighted by Crippen LogP contribution is -2.31. The second kappa shape index (κ2) is 8.87. The summed E-state index contributed by atoms with van der Waals surface area (Å²) in [4.78, 5) is 3.28. The number of hydrogen-bond acceptors (Lipinski definition) is 6. The molecule has 0 radical (unpaired) electrons. The van der Waals surface area contributed by atoms with Gasteiger partial charge in [0.2, 0.25) is 0 Å². The van der Waals surface area contributed by atoms with E-state index in [0.29, 0.717) is 13.0 Å². The van der Waals surface area contributed by atoms with Crippen molar-refractivity contribution in [2.45, 2.75) is 17.4 Å². The molecule has 6 nitrogen and oxygen atoms in total. The van der Waals surface area contributed by atoms with Crippen molar-refractivity contribution < 1.29 is 12.8 Å². The van der Waals surface area contributed by atoms with Crippen molar-refractivity contribution in [2.24, 2.45) is 5.73 Å². The Hall–Kier alpha value is -2.20. The van der Waals surface area contributed by atoms with Crippen LogP contribution >= 0.6 is 22.9 Å². The largest absolute Gasteiger partial charge is 0.382 e. The monoisotopic (exact) mass is 440 g/mol. The summed E-state index contributed by atoms with van der Waals surface area (Å²) in [6.45, 7) is 0.345. The minimum atomic E-state index is -4.14. The molecular formula is C18H18ClFN4O2S2. The molecule has 0 aliphatic carbocycles. The van der Waals surface area contributed by atoms with Crippen LogP contribution in [0, 0.1) is 5.82 Å². The first-order chi connectivity index (χ1) is 13.3. The predicted octanol–water partition coefficient (Wildman–Crippen LogP) is 3.72. The van der Waals surface area contributed by atoms with Crippen molar-refractivity contribution in [3.8, 4) is 0 Å². The van der Waals surface area contributed by atoms with Gasteiger partial charge in [-0.1, -0.05) is 41.9 Å². The normalized spacial score (nSPS) is 12.5. The number of anilines is 2. The van der Waals surface area contributed by atoms with E-state index in [9.17, 15) is 12.8 Å². The third-order valence-corrected chi connectivity index (χ3v) is 6.34. The van der Waals surface area contributed by atoms with Crippen LogP contribution in [0.2, 0.25) is 5.02 Å². The Bertz CT molecular complexity index is 1030. The molecule has 0 aliphatic heterocycles. The highest BCUT2D eigenvalue weighted by atomic mass is 35.5. The minimum Gasteiger partial charge on any atom is -0.382 e. The van der Waals surface area contributed by atoms with E-state index < -0.39 is 20.7 Å². The predicted molar refractivity (Wildman–Crippen MR) is 111 cm³/mol. The standard InChI is InChI=1S/C18H18ClFN4O2S2/c19-14-9-17(28(25,26)24-18-22-6-7-27-18)15(20)10-16(14)23-11-13(21)8-12-4-2-1-3-5-12/h1-7,9-10,13,23H,8,11,21H2,(H,22,24)/t13-/m0/s1. The zero-order chi connectivity index (χ0) is 20.1. The molecule has 0 fully saturated rings. The summed E-state index contributed by atoms with van der Waals surface area (Å²) in [5, 5.41) is 4.80. The third-order valence-electron chi connectivity index (χ3n) is 3.86. The zero-order valence-electron chi connectivity index (χ0n) is 14.6. The smallest absolute Gasteiger partial charge is 0.266 e. The van der Waals surface area contributed by atoms with Gasteiger partial charge in [-0.15, -0.1) is 11.3 Å². The number of nitrogens with zero attached hydrogens (tertiary/aromatic N) is 1. The first kappa shape index (κ1) is 20.5. The summed E-state index contributed by atoms with van der Waals surface area (Å²) in [6, 6.07) is 11.6. The van der Waals surface area contributed by atoms with Gasteiger partial charge in [0.05, 0.1) is 10.7 Å². The molecule has 1 aromatic heterocycles. The van der Waals surface area contributed by atoms with Crippen LogP contribution in [-0.4, -0.2) is 26.0 Å². The molecule has 148 valence electrons. The topological polar surface area (TPSA) is 97.1 Å². The molecule has 0 saturated heterocycles. The lowest BCUT2D eigenvalue weighted by molar-refractivity contribution is 0.570. The first-order valence-corrected chi connectivity index (χ1v) is 11.0. The molecule has 4 N–H and O–H groups in total. The van der Waals surface area contributed by atoms with Gasteiger partial charge in [-0.2, -0.15) is 0 Å². The van der Waals surface area contributed by atoms with Crippen LogP contribution < -0.4 is 15.8 Å². The SMILES string of the molecule is N[C@H](CNc1cc(F)c(S(=O)(=O)Nc2nccs2)cc1Cl)Cc1ccccc1. The second-order valence-corrected chi connectivity index (χ2v) is 8.99. The van der Waals surface area contributed by atoms with Crippen molar-refractivity contribution in [1.29, 1.82) is 0 Å². The van der Waals surface area contributed by atoms with Crippen molar-refractivity contribution in [3.05, 3.63) is 70.4 Å². The van der Waals surface area contributed by atoms with Crippen LogP contribution in [0.15, 0.2) is 58.9 Å². The van der Waals surface area contributed by atoms with E-state index in [4.69, 9.17) is 17.3 Å². The Kier molecular flexibility index (Phi) is 6.50. The highest BCUT2D eigenvalue weighted by Gasteiger charge is 2.22. The van der Waals surface area contributed by atoms with Crippen LogP contribution in [-0.2, 0) is 16.4 Å². The van der Waals surface area contributed by atoms with Gasteiger partial charge < -0.3 is 11.1 Å². The molecule has 0 saturated carbocycles. The van der Waals surface area contributed by atoms with E-state index in [1.54, 1.807) is 5.38 Å². The second-order valence-electron chi connectivity index (χ2n) is 6.04. The Morgan fingerprint density at radius 1 is 1.25 bits per heavy atom. The number of sulfonamides is 1. The molecule has 0 bridgehead atoms. The van der Waals surface area contributed by atoms with Gasteiger partial charge >= 0.3 is 0 Å². The van der Waals surface area contributed by atoms with Crippen molar-refractivity contribution in [2.75, 3.05) is 16.6 Å². The van der Waals surface area contributed by atoms with Crippen LogP contribution in [0.1, 0.15) is 5.56 Å². The number of aromatic nitrogens is 1. The van der Waals surface area contributed by atoms with Gasteiger partial charge in [0.15, 0.2) is 5.13 Å². The fourth-order valence-electron chi connectivity index (χ4n) is 2.54. The molecule has 0 unspecified atom stereocenters. The summed E-state index contributed by atoms with van der Waals surface area (Å²) in [5.41, 5.74) is 7.47. The number of benzene rings is 2. The summed E-state index contributed by atoms with van der Waals surface area (Å²) in [5.74, 6) is -0.924. The van der Waals surface area contributed by atoms with E-state index in [0.717, 1.165) is 29.0 Å². The Balaban J connectivity index is 1.69. The Labute approximate surface area is 171 Å². The molecule has 2 aromatic carbocycles. The zero-order valence-corrected chi connectivity index (χ0v) is 17.0. The third kappa shape index (κ3) is 5.20. The average Bonchev–Trinajstić information content (AvgIpc) is 3.15. The summed E-state index contributed by atoms with van der Waals surface area (Å²) in [6.07, 6.45) is 2.08. The Morgan fingerprint density at radius 3 is 2.68 bits per heavy atom. The van der Waals surface area contributed by atoms with Gasteiger partial charge in [-0.25, -0.2) is 17.8 Å². The van der Waals surface area contributed by atoms with E-state index in [2.05, 4.69) is 15.0 Å². The fourth-order valence-corrected chi connectivity index (χ4v) is 4.71. The fraction of sp³-hybridized carbons (Fsp3) is 0.167. The number of thiazole rings is 1. The molecule has 0 spiro atoms. The van der Waals surface area contributed by atoms with Gasteiger partial charge in [0, 0.05) is 24.2 Å². The van der Waals surface area contributed by atoms with E-state index in [1.807, 2.05) is 30.3 Å². The number of nitrogens with two attached hydrogens (primary N) is 1. The average molecular weight is 441 g/mol. The lowest BCUT2D eigenvalue weighted by atomic mass is 10.1. The molecular weight excluding hydrogens is 423 g/mol. The molecule has 3 aromatic rings. The molecule has 0 amide bonds. The maximum Gasteiger partial charge on any atom is 0.266 e. The maximum absolute atomic E-state index is 14.5. The first-order valence-electron chi connectivity index (χ1n) is 8.30. The van der Waals surface area contributed by atoms with E-state index in [1.165, 1.54) is 6.20 Å². The van der Waals surface area contributed by atoms with Crippen molar-refractivity contribution >= 4 is 43.8 Å². The van der Waals surface area contributed by atoms with Crippen LogP contribution in [0.5, 0.6) is 0 Å². The molecule has 28 heavy (non-hydrogen) atoms. The Morgan fingerprint density at radius 2 is 2.00 bits per heavy atom. The number of rotatable bonds is 8. The highest BCUT2D eigenvalue weighted by molar-refractivity contribution is 7.93. The van der Waals surface area contributed by atoms with Crippen molar-refractivity contribution in [3.63, 3.8) is 0 Å². The van der Waals surface area contributed by atoms with Gasteiger partial charge in [0.1, 0.15) is 10.7 Å². The maximum atomic E-state index is 14.5. The van der Waals surface area contributed by atoms with Crippen LogP contribution in [0.25, 0.3) is 0 Å². The van der Waals surface area contributed by atoms with Gasteiger partial charge in [-0.3, -0.25) is 4.72 Å². The van der Waals surface area contributed by atoms with Crippen LogP contribution in [0.3, 0.4) is 0 Å². The minimum absolute atomic E-state index is 0.0767. The van der Waals surface area contributed by atoms with E-state index >= 15 is 0 Å². The quantitative estimate of drug-likeness (QED) is 0.496. The number of nitrogens with one attached hydrogen (secondary N) is 2. The van der Waals surface area contributed by atoms with E-state index in [-0.39, 0.29) is 21.9 Å². The van der Waals surface area contributed by atoms with Gasteiger partial charge in [0.25, 0.3) is 10.0 Å². The molecule has 0 aliphatic rings. The molecule has 1 heterocycles. The van der Waals surface area contributed by atoms with Gasteiger partial charge in [-0.05, 0) is 24.1 Å². The molecule has 3 rings (SSSR count).